The highest BCUT2D eigenvalue weighted by Crippen LogP contribution is 2.30. The van der Waals surface area contributed by atoms with Crippen molar-refractivity contribution in [2.45, 2.75) is 18.9 Å². The molecule has 2 heterocycles. The molecule has 138 valence electrons. The molecule has 25 heavy (non-hydrogen) atoms. The second-order valence-electron chi connectivity index (χ2n) is 7.12. The van der Waals surface area contributed by atoms with E-state index in [-0.39, 0.29) is 0 Å². The molecular weight excluding hydrogens is 314 g/mol. The summed E-state index contributed by atoms with van der Waals surface area (Å²) in [5, 5.41) is 7.09. The number of nitrogens with zero attached hydrogens (tertiary/aromatic N) is 3. The molecular formula is C19H31N5O. The molecule has 2 unspecified atom stereocenters. The summed E-state index contributed by atoms with van der Waals surface area (Å²) in [7, 11) is 5.78. The summed E-state index contributed by atoms with van der Waals surface area (Å²) in [6, 6.07) is 8.64. The summed E-state index contributed by atoms with van der Waals surface area (Å²) in [5.41, 5.74) is 1.17. The van der Waals surface area contributed by atoms with Crippen LogP contribution in [0.4, 0.5) is 5.69 Å². The molecule has 2 saturated heterocycles. The number of hydrogen-bond donors (Lipinski definition) is 2. The lowest BCUT2D eigenvalue weighted by Crippen LogP contribution is -2.46. The quantitative estimate of drug-likeness (QED) is 0.624. The molecule has 2 aliphatic heterocycles. The maximum absolute atomic E-state index is 5.50. The number of hydrogen-bond acceptors (Lipinski definition) is 4. The van der Waals surface area contributed by atoms with Gasteiger partial charge in [0.05, 0.1) is 12.8 Å². The molecule has 6 heteroatoms. The van der Waals surface area contributed by atoms with Crippen LogP contribution in [0.15, 0.2) is 29.3 Å². The second kappa shape index (κ2) is 8.43. The van der Waals surface area contributed by atoms with Gasteiger partial charge in [0.25, 0.3) is 0 Å². The smallest absolute Gasteiger partial charge is 0.191 e. The number of anilines is 1. The Morgan fingerprint density at radius 2 is 2.08 bits per heavy atom. The van der Waals surface area contributed by atoms with Crippen molar-refractivity contribution in [2.75, 3.05) is 58.8 Å². The van der Waals surface area contributed by atoms with Crippen LogP contribution < -0.4 is 20.3 Å². The number of nitrogens with one attached hydrogen (secondary N) is 2. The Labute approximate surface area is 151 Å². The lowest BCUT2D eigenvalue weighted by Gasteiger charge is -2.22. The van der Waals surface area contributed by atoms with Gasteiger partial charge in [-0.25, -0.2) is 0 Å². The number of guanidine groups is 1. The number of methoxy groups -OCH3 is 1. The molecule has 0 bridgehead atoms. The van der Waals surface area contributed by atoms with Gasteiger partial charge in [-0.15, -0.1) is 0 Å². The van der Waals surface area contributed by atoms with Crippen molar-refractivity contribution >= 4 is 11.6 Å². The van der Waals surface area contributed by atoms with Crippen molar-refractivity contribution in [1.29, 1.82) is 0 Å². The molecule has 3 rings (SSSR count). The van der Waals surface area contributed by atoms with Crippen molar-refractivity contribution in [3.63, 3.8) is 0 Å². The molecule has 2 atom stereocenters. The molecule has 0 aliphatic carbocycles. The fraction of sp³-hybridized carbons (Fsp3) is 0.632. The van der Waals surface area contributed by atoms with Gasteiger partial charge in [0, 0.05) is 39.3 Å². The van der Waals surface area contributed by atoms with E-state index in [9.17, 15) is 0 Å². The maximum Gasteiger partial charge on any atom is 0.191 e. The van der Waals surface area contributed by atoms with Gasteiger partial charge in [-0.3, -0.25) is 4.99 Å². The SMILES string of the molecule is CN=C(NCC1CCN(C)C1)NC1CCN(c2ccccc2OC)C1. The standard InChI is InChI=1S/C19H31N5O/c1-20-19(21-12-15-8-10-23(2)13-15)22-16-9-11-24(14-16)17-6-4-5-7-18(17)25-3/h4-7,15-16H,8-14H2,1-3H3,(H2,20,21,22). The number of para-hydroxylation sites is 2. The number of benzene rings is 1. The van der Waals surface area contributed by atoms with Crippen molar-refractivity contribution in [2.24, 2.45) is 10.9 Å². The monoisotopic (exact) mass is 345 g/mol. The number of likely N-dealkylation sites (tertiary alicyclic amines) is 1. The fourth-order valence-electron chi connectivity index (χ4n) is 3.81. The van der Waals surface area contributed by atoms with Gasteiger partial charge >= 0.3 is 0 Å². The highest BCUT2D eigenvalue weighted by Gasteiger charge is 2.25. The summed E-state index contributed by atoms with van der Waals surface area (Å²) >= 11 is 0. The van der Waals surface area contributed by atoms with Gasteiger partial charge in [-0.2, -0.15) is 0 Å². The fourth-order valence-corrected chi connectivity index (χ4v) is 3.81. The van der Waals surface area contributed by atoms with Crippen molar-refractivity contribution in [3.8, 4) is 5.75 Å². The van der Waals surface area contributed by atoms with E-state index in [1.54, 1.807) is 7.11 Å². The van der Waals surface area contributed by atoms with Crippen LogP contribution in [-0.4, -0.2) is 70.8 Å². The third-order valence-corrected chi connectivity index (χ3v) is 5.23. The first kappa shape index (κ1) is 17.9. The Kier molecular flexibility index (Phi) is 6.02. The van der Waals surface area contributed by atoms with Crippen molar-refractivity contribution in [3.05, 3.63) is 24.3 Å². The zero-order valence-corrected chi connectivity index (χ0v) is 15.7. The van der Waals surface area contributed by atoms with Crippen LogP contribution in [0.3, 0.4) is 0 Å². The number of ether oxygens (including phenoxy) is 1. The minimum absolute atomic E-state index is 0.405. The second-order valence-corrected chi connectivity index (χ2v) is 7.12. The van der Waals surface area contributed by atoms with E-state index < -0.39 is 0 Å². The van der Waals surface area contributed by atoms with E-state index in [0.29, 0.717) is 6.04 Å². The molecule has 2 aliphatic rings. The lowest BCUT2D eigenvalue weighted by molar-refractivity contribution is 0.393. The Morgan fingerprint density at radius 3 is 2.80 bits per heavy atom. The largest absolute Gasteiger partial charge is 0.495 e. The maximum atomic E-state index is 5.50. The molecule has 0 saturated carbocycles. The minimum atomic E-state index is 0.405. The number of rotatable bonds is 5. The van der Waals surface area contributed by atoms with Crippen LogP contribution in [-0.2, 0) is 0 Å². The summed E-state index contributed by atoms with van der Waals surface area (Å²) < 4.78 is 5.50. The zero-order valence-electron chi connectivity index (χ0n) is 15.7. The van der Waals surface area contributed by atoms with E-state index in [1.807, 2.05) is 19.2 Å². The number of aliphatic imine (C=N–C) groups is 1. The Balaban J connectivity index is 1.49. The Bertz CT molecular complexity index is 591. The van der Waals surface area contributed by atoms with Crippen LogP contribution in [0.5, 0.6) is 5.75 Å². The van der Waals surface area contributed by atoms with Gasteiger partial charge in [0.15, 0.2) is 5.96 Å². The van der Waals surface area contributed by atoms with E-state index in [4.69, 9.17) is 4.74 Å². The molecule has 6 nitrogen and oxygen atoms in total. The molecule has 0 aromatic heterocycles. The first-order valence-corrected chi connectivity index (χ1v) is 9.23. The topological polar surface area (TPSA) is 52.1 Å². The van der Waals surface area contributed by atoms with Gasteiger partial charge in [0.2, 0.25) is 0 Å². The summed E-state index contributed by atoms with van der Waals surface area (Å²) in [6.45, 7) is 5.37. The van der Waals surface area contributed by atoms with E-state index in [1.165, 1.54) is 25.2 Å². The molecule has 1 aromatic rings. The van der Waals surface area contributed by atoms with E-state index >= 15 is 0 Å². The van der Waals surface area contributed by atoms with Crippen LogP contribution >= 0.6 is 0 Å². The average Bonchev–Trinajstić information content (AvgIpc) is 3.27. The highest BCUT2D eigenvalue weighted by atomic mass is 16.5. The van der Waals surface area contributed by atoms with Crippen LogP contribution in [0.1, 0.15) is 12.8 Å². The van der Waals surface area contributed by atoms with Gasteiger partial charge in [-0.05, 0) is 44.5 Å². The van der Waals surface area contributed by atoms with Crippen LogP contribution in [0, 0.1) is 5.92 Å². The van der Waals surface area contributed by atoms with Gasteiger partial charge in [0.1, 0.15) is 5.75 Å². The molecule has 0 radical (unpaired) electrons. The van der Waals surface area contributed by atoms with Gasteiger partial charge < -0.3 is 25.2 Å². The predicted molar refractivity (Wildman–Crippen MR) is 104 cm³/mol. The normalized spacial score (nSPS) is 24.6. The molecule has 0 spiro atoms. The Morgan fingerprint density at radius 1 is 1.24 bits per heavy atom. The van der Waals surface area contributed by atoms with Gasteiger partial charge in [-0.1, -0.05) is 12.1 Å². The average molecular weight is 345 g/mol. The summed E-state index contributed by atoms with van der Waals surface area (Å²) in [6.07, 6.45) is 2.37. The third kappa shape index (κ3) is 4.57. The molecule has 0 amide bonds. The van der Waals surface area contributed by atoms with Crippen molar-refractivity contribution in [1.82, 2.24) is 15.5 Å². The first-order chi connectivity index (χ1) is 12.2. The summed E-state index contributed by atoms with van der Waals surface area (Å²) in [4.78, 5) is 9.18. The van der Waals surface area contributed by atoms with E-state index in [2.05, 4.69) is 44.6 Å². The molecule has 1 aromatic carbocycles. The highest BCUT2D eigenvalue weighted by molar-refractivity contribution is 5.80. The minimum Gasteiger partial charge on any atom is -0.495 e. The molecule has 2 fully saturated rings. The molecule has 2 N–H and O–H groups in total. The lowest BCUT2D eigenvalue weighted by atomic mass is 10.1. The van der Waals surface area contributed by atoms with Crippen LogP contribution in [0.25, 0.3) is 0 Å². The summed E-state index contributed by atoms with van der Waals surface area (Å²) in [5.74, 6) is 2.58. The zero-order chi connectivity index (χ0) is 17.6. The third-order valence-electron chi connectivity index (χ3n) is 5.23. The predicted octanol–water partition coefficient (Wildman–Crippen LogP) is 1.39. The van der Waals surface area contributed by atoms with Crippen LogP contribution in [0.2, 0.25) is 0 Å². The van der Waals surface area contributed by atoms with Crippen molar-refractivity contribution < 1.29 is 4.74 Å². The Hall–Kier alpha value is -1.95. The van der Waals surface area contributed by atoms with E-state index in [0.717, 1.165) is 43.7 Å². The first-order valence-electron chi connectivity index (χ1n) is 9.23.